The number of aliphatic hydroxyl groups excluding tert-OH is 1. The van der Waals surface area contributed by atoms with E-state index in [9.17, 15) is 5.11 Å². The average Bonchev–Trinajstić information content (AvgIpc) is 2.34. The molecule has 3 heteroatoms. The summed E-state index contributed by atoms with van der Waals surface area (Å²) >= 11 is 0. The van der Waals surface area contributed by atoms with Gasteiger partial charge in [0.15, 0.2) is 11.5 Å². The highest BCUT2D eigenvalue weighted by molar-refractivity contribution is 5.43. The van der Waals surface area contributed by atoms with E-state index in [4.69, 9.17) is 9.47 Å². The molecule has 16 heavy (non-hydrogen) atoms. The third-order valence-corrected chi connectivity index (χ3v) is 2.26. The van der Waals surface area contributed by atoms with Crippen molar-refractivity contribution < 1.29 is 14.6 Å². The van der Waals surface area contributed by atoms with E-state index in [0.29, 0.717) is 17.9 Å². The Labute approximate surface area is 96.0 Å². The molecule has 0 spiro atoms. The molecule has 1 aromatic carbocycles. The van der Waals surface area contributed by atoms with Crippen LogP contribution in [0.25, 0.3) is 0 Å². The van der Waals surface area contributed by atoms with Gasteiger partial charge in [0.25, 0.3) is 0 Å². The van der Waals surface area contributed by atoms with Gasteiger partial charge >= 0.3 is 0 Å². The summed E-state index contributed by atoms with van der Waals surface area (Å²) in [6.45, 7) is 1.75. The zero-order valence-electron chi connectivity index (χ0n) is 9.78. The maximum Gasteiger partial charge on any atom is 0.161 e. The van der Waals surface area contributed by atoms with E-state index < -0.39 is 6.10 Å². The summed E-state index contributed by atoms with van der Waals surface area (Å²) < 4.78 is 10.3. The second-order valence-electron chi connectivity index (χ2n) is 3.26. The zero-order chi connectivity index (χ0) is 12.0. The van der Waals surface area contributed by atoms with Gasteiger partial charge in [-0.05, 0) is 24.6 Å². The number of hydrogen-bond donors (Lipinski definition) is 1. The number of ether oxygens (including phenoxy) is 2. The Morgan fingerprint density at radius 2 is 1.94 bits per heavy atom. The maximum absolute atomic E-state index is 9.84. The molecule has 1 aromatic rings. The second-order valence-corrected chi connectivity index (χ2v) is 3.26. The van der Waals surface area contributed by atoms with E-state index in [1.165, 1.54) is 0 Å². The van der Waals surface area contributed by atoms with Crippen LogP contribution in [0.1, 0.15) is 25.0 Å². The Bertz CT molecular complexity index is 401. The molecule has 0 aliphatic carbocycles. The molecule has 1 N–H and O–H groups in total. The summed E-state index contributed by atoms with van der Waals surface area (Å²) in [5, 5.41) is 9.84. The van der Waals surface area contributed by atoms with E-state index in [-0.39, 0.29) is 0 Å². The highest BCUT2D eigenvalue weighted by Crippen LogP contribution is 2.30. The molecule has 0 aliphatic rings. The largest absolute Gasteiger partial charge is 0.493 e. The molecule has 0 saturated heterocycles. The molecule has 0 fully saturated rings. The van der Waals surface area contributed by atoms with Crippen LogP contribution in [0.4, 0.5) is 0 Å². The van der Waals surface area contributed by atoms with E-state index in [1.807, 2.05) is 6.07 Å². The first-order valence-electron chi connectivity index (χ1n) is 5.02. The molecule has 0 aliphatic heterocycles. The zero-order valence-corrected chi connectivity index (χ0v) is 9.78. The molecular formula is C13H16O3. The minimum absolute atomic E-state index is 0.423. The Balaban J connectivity index is 2.92. The molecule has 0 bridgehead atoms. The van der Waals surface area contributed by atoms with E-state index >= 15 is 0 Å². The smallest absolute Gasteiger partial charge is 0.161 e. The number of benzene rings is 1. The van der Waals surface area contributed by atoms with Gasteiger partial charge in [-0.15, -0.1) is 11.8 Å². The van der Waals surface area contributed by atoms with Crippen LogP contribution in [-0.4, -0.2) is 19.3 Å². The first kappa shape index (κ1) is 12.4. The first-order chi connectivity index (χ1) is 7.72. The normalized spacial score (nSPS) is 11.2. The van der Waals surface area contributed by atoms with Crippen LogP contribution in [0.2, 0.25) is 0 Å². The molecule has 0 aromatic heterocycles. The Hall–Kier alpha value is -1.66. The predicted molar refractivity (Wildman–Crippen MR) is 62.6 cm³/mol. The van der Waals surface area contributed by atoms with Crippen LogP contribution in [0, 0.1) is 11.8 Å². The fourth-order valence-corrected chi connectivity index (χ4v) is 1.38. The molecule has 0 saturated carbocycles. The molecule has 3 nitrogen and oxygen atoms in total. The minimum atomic E-state index is -0.591. The van der Waals surface area contributed by atoms with Crippen molar-refractivity contribution in [3.05, 3.63) is 23.8 Å². The Morgan fingerprint density at radius 1 is 1.25 bits per heavy atom. The highest BCUT2D eigenvalue weighted by Gasteiger charge is 2.10. The van der Waals surface area contributed by atoms with Crippen molar-refractivity contribution in [2.75, 3.05) is 14.2 Å². The van der Waals surface area contributed by atoms with E-state index in [2.05, 4.69) is 11.8 Å². The van der Waals surface area contributed by atoms with Crippen LogP contribution in [-0.2, 0) is 0 Å². The molecule has 86 valence electrons. The monoisotopic (exact) mass is 220 g/mol. The topological polar surface area (TPSA) is 38.7 Å². The van der Waals surface area contributed by atoms with Crippen molar-refractivity contribution in [2.45, 2.75) is 19.4 Å². The third-order valence-electron chi connectivity index (χ3n) is 2.26. The summed E-state index contributed by atoms with van der Waals surface area (Å²) in [4.78, 5) is 0. The quantitative estimate of drug-likeness (QED) is 0.790. The summed E-state index contributed by atoms with van der Waals surface area (Å²) in [5.74, 6) is 6.86. The molecule has 1 unspecified atom stereocenters. The number of methoxy groups -OCH3 is 2. The van der Waals surface area contributed by atoms with Gasteiger partial charge in [-0.1, -0.05) is 6.07 Å². The lowest BCUT2D eigenvalue weighted by atomic mass is 10.1. The molecule has 0 radical (unpaired) electrons. The number of aliphatic hydroxyl groups is 1. The predicted octanol–water partition coefficient (Wildman–Crippen LogP) is 2.15. The van der Waals surface area contributed by atoms with E-state index in [1.54, 1.807) is 33.3 Å². The van der Waals surface area contributed by atoms with Crippen molar-refractivity contribution in [1.29, 1.82) is 0 Å². The average molecular weight is 220 g/mol. The van der Waals surface area contributed by atoms with Crippen molar-refractivity contribution in [2.24, 2.45) is 0 Å². The Kier molecular flexibility index (Phi) is 4.68. The first-order valence-corrected chi connectivity index (χ1v) is 5.02. The lowest BCUT2D eigenvalue weighted by molar-refractivity contribution is 0.183. The SMILES string of the molecule is CC#CCC(O)c1ccc(OC)c(OC)c1. The second kappa shape index (κ2) is 6.04. The van der Waals surface area contributed by atoms with Crippen LogP contribution in [0.3, 0.4) is 0 Å². The minimum Gasteiger partial charge on any atom is -0.493 e. The van der Waals surface area contributed by atoms with Gasteiger partial charge < -0.3 is 14.6 Å². The van der Waals surface area contributed by atoms with Gasteiger partial charge in [-0.3, -0.25) is 0 Å². The molecule has 1 atom stereocenters. The third kappa shape index (κ3) is 2.91. The van der Waals surface area contributed by atoms with Gasteiger partial charge in [-0.2, -0.15) is 0 Å². The summed E-state index contributed by atoms with van der Waals surface area (Å²) in [6, 6.07) is 5.35. The number of rotatable bonds is 4. The van der Waals surface area contributed by atoms with Crippen LogP contribution >= 0.6 is 0 Å². The maximum atomic E-state index is 9.84. The van der Waals surface area contributed by atoms with Crippen molar-refractivity contribution in [1.82, 2.24) is 0 Å². The lowest BCUT2D eigenvalue weighted by Gasteiger charge is -2.12. The molecule has 0 amide bonds. The fraction of sp³-hybridized carbons (Fsp3) is 0.385. The molecular weight excluding hydrogens is 204 g/mol. The fourth-order valence-electron chi connectivity index (χ4n) is 1.38. The standard InChI is InChI=1S/C13H16O3/c1-4-5-6-11(14)10-7-8-12(15-2)13(9-10)16-3/h7-9,11,14H,6H2,1-3H3. The summed E-state index contributed by atoms with van der Waals surface area (Å²) in [7, 11) is 3.15. The van der Waals surface area contributed by atoms with Gasteiger partial charge in [0, 0.05) is 6.42 Å². The van der Waals surface area contributed by atoms with Gasteiger partial charge in [-0.25, -0.2) is 0 Å². The van der Waals surface area contributed by atoms with Crippen LogP contribution < -0.4 is 9.47 Å². The molecule has 0 heterocycles. The summed E-state index contributed by atoms with van der Waals surface area (Å²) in [5.41, 5.74) is 0.778. The van der Waals surface area contributed by atoms with Crippen LogP contribution in [0.15, 0.2) is 18.2 Å². The van der Waals surface area contributed by atoms with E-state index in [0.717, 1.165) is 5.56 Å². The van der Waals surface area contributed by atoms with Crippen molar-refractivity contribution in [3.63, 3.8) is 0 Å². The van der Waals surface area contributed by atoms with Gasteiger partial charge in [0.05, 0.1) is 20.3 Å². The van der Waals surface area contributed by atoms with Crippen LogP contribution in [0.5, 0.6) is 11.5 Å². The van der Waals surface area contributed by atoms with Gasteiger partial charge in [0.2, 0.25) is 0 Å². The van der Waals surface area contributed by atoms with Gasteiger partial charge in [0.1, 0.15) is 0 Å². The summed E-state index contributed by atoms with van der Waals surface area (Å²) in [6.07, 6.45) is -0.168. The Morgan fingerprint density at radius 3 is 2.50 bits per heavy atom. The van der Waals surface area contributed by atoms with Crippen molar-refractivity contribution in [3.8, 4) is 23.3 Å². The van der Waals surface area contributed by atoms with Crippen molar-refractivity contribution >= 4 is 0 Å². The number of hydrogen-bond acceptors (Lipinski definition) is 3. The lowest BCUT2D eigenvalue weighted by Crippen LogP contribution is -1.98. The molecule has 1 rings (SSSR count). The highest BCUT2D eigenvalue weighted by atomic mass is 16.5.